The number of carbonyl (C=O) groups excluding carboxylic acids is 3. The van der Waals surface area contributed by atoms with Crippen LogP contribution in [0.5, 0.6) is 0 Å². The molecule has 1 atom stereocenters. The van der Waals surface area contributed by atoms with Gasteiger partial charge < -0.3 is 14.2 Å². The zero-order valence-electron chi connectivity index (χ0n) is 54.1. The lowest BCUT2D eigenvalue weighted by molar-refractivity contribution is -0.167. The summed E-state index contributed by atoms with van der Waals surface area (Å²) in [4.78, 5) is 38.5. The number of unbranched alkanes of at least 4 members (excludes halogenated alkanes) is 42. The molecule has 0 bridgehead atoms. The predicted octanol–water partition coefficient (Wildman–Crippen LogP) is 24.4. The van der Waals surface area contributed by atoms with E-state index in [1.54, 1.807) is 0 Å². The van der Waals surface area contributed by atoms with Gasteiger partial charge in [0.25, 0.3) is 0 Å². The van der Waals surface area contributed by atoms with Crippen molar-refractivity contribution in [2.75, 3.05) is 13.2 Å². The van der Waals surface area contributed by atoms with Crippen LogP contribution in [0.3, 0.4) is 0 Å². The highest BCUT2D eigenvalue weighted by molar-refractivity contribution is 5.71. The van der Waals surface area contributed by atoms with Crippen LogP contribution in [0.1, 0.15) is 367 Å². The summed E-state index contributed by atoms with van der Waals surface area (Å²) < 4.78 is 17.0. The molecule has 6 heteroatoms. The molecule has 0 saturated heterocycles. The second-order valence-corrected chi connectivity index (χ2v) is 23.8. The van der Waals surface area contributed by atoms with Gasteiger partial charge in [-0.1, -0.05) is 351 Å². The van der Waals surface area contributed by atoms with E-state index in [9.17, 15) is 14.4 Å². The summed E-state index contributed by atoms with van der Waals surface area (Å²) in [6.45, 7) is 6.59. The highest BCUT2D eigenvalue weighted by Gasteiger charge is 2.19. The minimum atomic E-state index is -0.775. The zero-order chi connectivity index (χ0) is 58.5. The summed E-state index contributed by atoms with van der Waals surface area (Å²) >= 11 is 0. The van der Waals surface area contributed by atoms with E-state index in [0.717, 1.165) is 96.3 Å². The van der Waals surface area contributed by atoms with Gasteiger partial charge >= 0.3 is 17.9 Å². The molecule has 0 aliphatic rings. The Hall–Kier alpha value is -3.15. The van der Waals surface area contributed by atoms with E-state index >= 15 is 0 Å². The minimum absolute atomic E-state index is 0.0702. The number of carbonyl (C=O) groups is 3. The van der Waals surface area contributed by atoms with Crippen molar-refractivity contribution in [1.82, 2.24) is 0 Å². The lowest BCUT2D eigenvalue weighted by Gasteiger charge is -2.18. The van der Waals surface area contributed by atoms with Crippen molar-refractivity contribution >= 4 is 17.9 Å². The molecule has 0 N–H and O–H groups in total. The van der Waals surface area contributed by atoms with Crippen LogP contribution >= 0.6 is 0 Å². The summed E-state index contributed by atoms with van der Waals surface area (Å²) in [5.41, 5.74) is 0. The Bertz CT molecular complexity index is 1490. The molecule has 470 valence electrons. The summed E-state index contributed by atoms with van der Waals surface area (Å²) in [5, 5.41) is 0. The molecule has 1 unspecified atom stereocenters. The Kier molecular flexibility index (Phi) is 66.6. The molecule has 6 nitrogen and oxygen atoms in total. The van der Waals surface area contributed by atoms with Crippen molar-refractivity contribution in [1.29, 1.82) is 0 Å². The first-order chi connectivity index (χ1) is 40.0. The number of allylic oxidation sites excluding steroid dienone is 12. The standard InChI is InChI=1S/C75H134O6/c1-4-7-10-13-16-19-22-25-28-30-32-33-34-35-36-37-38-39-40-41-43-44-47-50-53-56-59-62-65-68-74(77)80-71-72(70-79-73(76)67-64-61-58-55-52-49-46-27-24-21-18-15-12-9-6-3)81-75(78)69-66-63-60-57-54-51-48-45-42-31-29-26-23-20-17-14-11-8-5-2/h7,10,16,19,25,28,32-33,35-36,38-39,72H,4-6,8-9,11-15,17-18,20-24,26-27,29-31,34,37,40-71H2,1-3H3/b10-7-,19-16-,28-25-,33-32-,36-35-,39-38-. The lowest BCUT2D eigenvalue weighted by Crippen LogP contribution is -2.30. The number of rotatable bonds is 65. The second kappa shape index (κ2) is 69.3. The molecule has 0 heterocycles. The van der Waals surface area contributed by atoms with Crippen LogP contribution in [0.2, 0.25) is 0 Å². The van der Waals surface area contributed by atoms with Crippen LogP contribution in [-0.4, -0.2) is 37.2 Å². The Morgan fingerprint density at radius 1 is 0.259 bits per heavy atom. The summed E-state index contributed by atoms with van der Waals surface area (Å²) in [6, 6.07) is 0. The molecule has 0 spiro atoms. The number of hydrogen-bond acceptors (Lipinski definition) is 6. The second-order valence-electron chi connectivity index (χ2n) is 23.8. The fourth-order valence-electron chi connectivity index (χ4n) is 10.5. The van der Waals surface area contributed by atoms with Crippen molar-refractivity contribution < 1.29 is 28.6 Å². The maximum absolute atomic E-state index is 13.0. The van der Waals surface area contributed by atoms with Crippen LogP contribution in [0, 0.1) is 0 Å². The third kappa shape index (κ3) is 67.5. The average Bonchev–Trinajstić information content (AvgIpc) is 3.47. The first-order valence-electron chi connectivity index (χ1n) is 35.4. The fraction of sp³-hybridized carbons (Fsp3) is 0.800. The number of ether oxygens (including phenoxy) is 3. The molecule has 0 aromatic rings. The summed E-state index contributed by atoms with van der Waals surface area (Å²) in [7, 11) is 0. The molecular weight excluding hydrogens is 997 g/mol. The van der Waals surface area contributed by atoms with Gasteiger partial charge in [0.15, 0.2) is 6.10 Å². The average molecular weight is 1130 g/mol. The maximum atomic E-state index is 13.0. The van der Waals surface area contributed by atoms with Crippen molar-refractivity contribution in [2.24, 2.45) is 0 Å². The van der Waals surface area contributed by atoms with Gasteiger partial charge in [-0.25, -0.2) is 0 Å². The predicted molar refractivity (Wildman–Crippen MR) is 353 cm³/mol. The first-order valence-corrected chi connectivity index (χ1v) is 35.4. The van der Waals surface area contributed by atoms with Crippen LogP contribution < -0.4 is 0 Å². The quantitative estimate of drug-likeness (QED) is 0.0261. The van der Waals surface area contributed by atoms with Crippen molar-refractivity contribution in [3.63, 3.8) is 0 Å². The van der Waals surface area contributed by atoms with Crippen molar-refractivity contribution in [2.45, 2.75) is 374 Å². The Labute approximate surface area is 503 Å². The highest BCUT2D eigenvalue weighted by atomic mass is 16.6. The van der Waals surface area contributed by atoms with E-state index in [1.165, 1.54) is 231 Å². The van der Waals surface area contributed by atoms with Crippen molar-refractivity contribution in [3.05, 3.63) is 72.9 Å². The fourth-order valence-corrected chi connectivity index (χ4v) is 10.5. The van der Waals surface area contributed by atoms with Crippen LogP contribution in [0.4, 0.5) is 0 Å². The molecule has 0 radical (unpaired) electrons. The molecule has 0 amide bonds. The van der Waals surface area contributed by atoms with Crippen LogP contribution in [-0.2, 0) is 28.6 Å². The molecule has 0 fully saturated rings. The molecular formula is C75H134O6. The monoisotopic (exact) mass is 1130 g/mol. The van der Waals surface area contributed by atoms with E-state index in [4.69, 9.17) is 14.2 Å². The molecule has 81 heavy (non-hydrogen) atoms. The third-order valence-electron chi connectivity index (χ3n) is 15.7. The largest absolute Gasteiger partial charge is 0.462 e. The molecule has 0 aromatic heterocycles. The topological polar surface area (TPSA) is 78.9 Å². The first kappa shape index (κ1) is 77.9. The molecule has 0 saturated carbocycles. The lowest BCUT2D eigenvalue weighted by atomic mass is 10.0. The normalized spacial score (nSPS) is 12.5. The maximum Gasteiger partial charge on any atom is 0.306 e. The van der Waals surface area contributed by atoms with E-state index in [0.29, 0.717) is 19.3 Å². The van der Waals surface area contributed by atoms with Gasteiger partial charge in [0.05, 0.1) is 0 Å². The summed E-state index contributed by atoms with van der Waals surface area (Å²) in [6.07, 6.45) is 90.6. The van der Waals surface area contributed by atoms with Crippen LogP contribution in [0.15, 0.2) is 72.9 Å². The third-order valence-corrected chi connectivity index (χ3v) is 15.7. The molecule has 0 aliphatic heterocycles. The van der Waals surface area contributed by atoms with Gasteiger partial charge in [0, 0.05) is 19.3 Å². The van der Waals surface area contributed by atoms with E-state index in [1.807, 2.05) is 0 Å². The minimum Gasteiger partial charge on any atom is -0.462 e. The van der Waals surface area contributed by atoms with Gasteiger partial charge in [-0.3, -0.25) is 14.4 Å². The Morgan fingerprint density at radius 2 is 0.481 bits per heavy atom. The molecule has 0 rings (SSSR count). The summed E-state index contributed by atoms with van der Waals surface area (Å²) in [5.74, 6) is -0.849. The van der Waals surface area contributed by atoms with E-state index < -0.39 is 6.10 Å². The van der Waals surface area contributed by atoms with Gasteiger partial charge in [0.1, 0.15) is 13.2 Å². The number of hydrogen-bond donors (Lipinski definition) is 0. The van der Waals surface area contributed by atoms with Crippen LogP contribution in [0.25, 0.3) is 0 Å². The van der Waals surface area contributed by atoms with Gasteiger partial charge in [-0.2, -0.15) is 0 Å². The number of esters is 3. The van der Waals surface area contributed by atoms with Gasteiger partial charge in [-0.15, -0.1) is 0 Å². The van der Waals surface area contributed by atoms with Gasteiger partial charge in [-0.05, 0) is 70.6 Å². The molecule has 0 aliphatic carbocycles. The smallest absolute Gasteiger partial charge is 0.306 e. The highest BCUT2D eigenvalue weighted by Crippen LogP contribution is 2.18. The van der Waals surface area contributed by atoms with E-state index in [-0.39, 0.29) is 31.1 Å². The van der Waals surface area contributed by atoms with E-state index in [2.05, 4.69) is 93.7 Å². The molecule has 0 aromatic carbocycles. The Morgan fingerprint density at radius 3 is 0.753 bits per heavy atom. The van der Waals surface area contributed by atoms with Crippen molar-refractivity contribution in [3.8, 4) is 0 Å². The zero-order valence-corrected chi connectivity index (χ0v) is 54.1. The SMILES string of the molecule is CC/C=C\C/C=C\C/C=C\C/C=C\C/C=C\C/C=C\CCCCCCCCCCCCC(=O)OCC(COC(=O)CCCCCCCCCCCCCCCCC)OC(=O)CCCCCCCCCCCCCCCCCCCCC. The Balaban J connectivity index is 4.28. The van der Waals surface area contributed by atoms with Gasteiger partial charge in [0.2, 0.25) is 0 Å².